The van der Waals surface area contributed by atoms with E-state index in [1.807, 2.05) is 13.0 Å². The topological polar surface area (TPSA) is 106 Å². The van der Waals surface area contributed by atoms with Crippen LogP contribution in [0, 0.1) is 5.82 Å². The smallest absolute Gasteiger partial charge is 0.414 e. The minimum Gasteiger partial charge on any atom is -0.493 e. The molecule has 0 fully saturated rings. The van der Waals surface area contributed by atoms with E-state index in [4.69, 9.17) is 14.2 Å². The van der Waals surface area contributed by atoms with Gasteiger partial charge in [-0.25, -0.2) is 14.2 Å². The van der Waals surface area contributed by atoms with Crippen LogP contribution in [0.1, 0.15) is 34.2 Å². The molecule has 4 rings (SSSR count). The maximum Gasteiger partial charge on any atom is 0.414 e. The van der Waals surface area contributed by atoms with E-state index in [9.17, 15) is 14.0 Å². The second-order valence-corrected chi connectivity index (χ2v) is 8.49. The molecular formula is C27H27FN4O5. The first kappa shape index (κ1) is 25.5. The largest absolute Gasteiger partial charge is 0.493 e. The molecule has 1 aliphatic rings. The maximum atomic E-state index is 14.2. The first-order valence-electron chi connectivity index (χ1n) is 11.4. The molecule has 0 unspecified atom stereocenters. The van der Waals surface area contributed by atoms with Gasteiger partial charge in [0, 0.05) is 33.0 Å². The first-order chi connectivity index (χ1) is 17.7. The number of ether oxygens (including phenoxy) is 3. The van der Waals surface area contributed by atoms with Gasteiger partial charge in [0.05, 0.1) is 14.2 Å². The summed E-state index contributed by atoms with van der Waals surface area (Å²) < 4.78 is 30.6. The molecule has 3 aromatic rings. The zero-order chi connectivity index (χ0) is 26.7. The van der Waals surface area contributed by atoms with Crippen molar-refractivity contribution in [3.63, 3.8) is 0 Å². The summed E-state index contributed by atoms with van der Waals surface area (Å²) in [5.74, 6) is 0.239. The average molecular weight is 507 g/mol. The van der Waals surface area contributed by atoms with E-state index in [1.165, 1.54) is 37.4 Å². The number of amides is 2. The van der Waals surface area contributed by atoms with Crippen molar-refractivity contribution in [2.75, 3.05) is 34.9 Å². The van der Waals surface area contributed by atoms with Crippen LogP contribution in [0.3, 0.4) is 0 Å². The van der Waals surface area contributed by atoms with Crippen LogP contribution >= 0.6 is 0 Å². The van der Waals surface area contributed by atoms with Crippen molar-refractivity contribution >= 4 is 29.2 Å². The summed E-state index contributed by atoms with van der Waals surface area (Å²) in [6.45, 7) is 2.10. The number of allylic oxidation sites excluding steroid dienone is 2. The molecule has 0 spiro atoms. The van der Waals surface area contributed by atoms with Gasteiger partial charge in [0.1, 0.15) is 5.82 Å². The Morgan fingerprint density at radius 3 is 2.41 bits per heavy atom. The molecule has 192 valence electrons. The minimum absolute atomic E-state index is 0.160. The number of aromatic nitrogens is 2. The Hall–Kier alpha value is -4.60. The number of carbonyl (C=O) groups excluding carboxylic acids is 2. The number of nitrogens with one attached hydrogen (secondary N) is 2. The van der Waals surface area contributed by atoms with Crippen LogP contribution < -0.4 is 19.5 Å². The number of imidazole rings is 1. The predicted octanol–water partition coefficient (Wildman–Crippen LogP) is 4.38. The van der Waals surface area contributed by atoms with E-state index in [0.29, 0.717) is 22.6 Å². The SMILES string of the molecule is COc1cc(/C=C2/C(C)=C(CNC(=O)c3ncc[nH]3)c3cc(F)ccc32)cc(OC)c1OC(=O)N(C)C. The van der Waals surface area contributed by atoms with Crippen molar-refractivity contribution in [2.45, 2.75) is 6.92 Å². The highest BCUT2D eigenvalue weighted by Gasteiger charge is 2.26. The number of fused-ring (bicyclic) bond motifs is 1. The Bertz CT molecular complexity index is 1390. The quantitative estimate of drug-likeness (QED) is 0.493. The molecule has 2 N–H and O–H groups in total. The van der Waals surface area contributed by atoms with Gasteiger partial charge in [0.15, 0.2) is 17.3 Å². The Morgan fingerprint density at radius 2 is 1.81 bits per heavy atom. The number of nitrogens with zero attached hydrogens (tertiary/aromatic N) is 2. The number of benzene rings is 2. The molecule has 9 nitrogen and oxygen atoms in total. The molecular weight excluding hydrogens is 479 g/mol. The lowest BCUT2D eigenvalue weighted by molar-refractivity contribution is 0.0949. The fraction of sp³-hybridized carbons (Fsp3) is 0.222. The van der Waals surface area contributed by atoms with Gasteiger partial charge in [0.25, 0.3) is 5.91 Å². The monoisotopic (exact) mass is 506 g/mol. The number of aromatic amines is 1. The molecule has 1 aromatic heterocycles. The summed E-state index contributed by atoms with van der Waals surface area (Å²) in [5, 5.41) is 2.84. The van der Waals surface area contributed by atoms with Crippen LogP contribution in [-0.2, 0) is 0 Å². The van der Waals surface area contributed by atoms with E-state index in [0.717, 1.165) is 22.3 Å². The van der Waals surface area contributed by atoms with Gasteiger partial charge in [0.2, 0.25) is 5.75 Å². The van der Waals surface area contributed by atoms with E-state index in [-0.39, 0.29) is 29.8 Å². The summed E-state index contributed by atoms with van der Waals surface area (Å²) in [6, 6.07) is 8.01. The van der Waals surface area contributed by atoms with E-state index in [2.05, 4.69) is 15.3 Å². The second kappa shape index (κ2) is 10.6. The van der Waals surface area contributed by atoms with Crippen LogP contribution in [0.15, 0.2) is 48.3 Å². The second-order valence-electron chi connectivity index (χ2n) is 8.49. The van der Waals surface area contributed by atoms with Gasteiger partial charge >= 0.3 is 6.09 Å². The fourth-order valence-corrected chi connectivity index (χ4v) is 4.05. The first-order valence-corrected chi connectivity index (χ1v) is 11.4. The molecule has 10 heteroatoms. The highest BCUT2D eigenvalue weighted by Crippen LogP contribution is 2.44. The number of hydrogen-bond donors (Lipinski definition) is 2. The van der Waals surface area contributed by atoms with Crippen molar-refractivity contribution in [1.29, 1.82) is 0 Å². The fourth-order valence-electron chi connectivity index (χ4n) is 4.05. The number of halogens is 1. The zero-order valence-corrected chi connectivity index (χ0v) is 21.1. The molecule has 1 aliphatic carbocycles. The summed E-state index contributed by atoms with van der Waals surface area (Å²) in [5.41, 5.74) is 4.74. The van der Waals surface area contributed by atoms with Gasteiger partial charge in [-0.05, 0) is 70.7 Å². The van der Waals surface area contributed by atoms with E-state index >= 15 is 0 Å². The molecule has 0 bridgehead atoms. The highest BCUT2D eigenvalue weighted by atomic mass is 19.1. The lowest BCUT2D eigenvalue weighted by atomic mass is 10.00. The zero-order valence-electron chi connectivity index (χ0n) is 21.1. The van der Waals surface area contributed by atoms with Gasteiger partial charge in [-0.3, -0.25) is 4.79 Å². The number of rotatable bonds is 7. The van der Waals surface area contributed by atoms with Crippen molar-refractivity contribution in [3.8, 4) is 17.2 Å². The summed E-state index contributed by atoms with van der Waals surface area (Å²) in [4.78, 5) is 32.6. The van der Waals surface area contributed by atoms with Gasteiger partial charge in [-0.15, -0.1) is 0 Å². The van der Waals surface area contributed by atoms with Crippen molar-refractivity contribution < 1.29 is 28.2 Å². The van der Waals surface area contributed by atoms with Crippen LogP contribution in [0.25, 0.3) is 17.2 Å². The molecule has 0 aliphatic heterocycles. The number of methoxy groups -OCH3 is 2. The summed E-state index contributed by atoms with van der Waals surface area (Å²) in [7, 11) is 6.09. The number of carbonyl (C=O) groups is 2. The molecule has 0 saturated heterocycles. The van der Waals surface area contributed by atoms with Crippen molar-refractivity contribution in [3.05, 3.63) is 76.6 Å². The normalized spacial score (nSPS) is 13.4. The van der Waals surface area contributed by atoms with Crippen molar-refractivity contribution in [1.82, 2.24) is 20.2 Å². The number of hydrogen-bond acceptors (Lipinski definition) is 6. The summed E-state index contributed by atoms with van der Waals surface area (Å²) >= 11 is 0. The van der Waals surface area contributed by atoms with Gasteiger partial charge in [-0.2, -0.15) is 0 Å². The Balaban J connectivity index is 1.74. The lowest BCUT2D eigenvalue weighted by Crippen LogP contribution is -2.26. The van der Waals surface area contributed by atoms with Crippen LogP contribution in [0.5, 0.6) is 17.2 Å². The molecule has 0 atom stereocenters. The maximum absolute atomic E-state index is 14.2. The predicted molar refractivity (Wildman–Crippen MR) is 137 cm³/mol. The average Bonchev–Trinajstić information content (AvgIpc) is 3.50. The molecule has 2 aromatic carbocycles. The van der Waals surface area contributed by atoms with Crippen LogP contribution in [-0.4, -0.2) is 61.7 Å². The standard InChI is InChI=1S/C27H27FN4O5/c1-15-19(10-16-11-22(35-4)24(23(12-16)36-5)37-27(34)32(2)3)18-7-6-17(28)13-20(18)21(15)14-31-26(33)25-29-8-9-30-25/h6-13H,14H2,1-5H3,(H,29,30)(H,31,33)/b19-10-. The van der Waals surface area contributed by atoms with Gasteiger partial charge < -0.3 is 29.4 Å². The lowest BCUT2D eigenvalue weighted by Gasteiger charge is -2.17. The van der Waals surface area contributed by atoms with Crippen molar-refractivity contribution in [2.24, 2.45) is 0 Å². The summed E-state index contributed by atoms with van der Waals surface area (Å²) in [6.07, 6.45) is 4.40. The minimum atomic E-state index is -0.575. The third-order valence-electron chi connectivity index (χ3n) is 5.94. The van der Waals surface area contributed by atoms with Crippen LogP contribution in [0.4, 0.5) is 9.18 Å². The molecule has 0 saturated carbocycles. The molecule has 1 heterocycles. The van der Waals surface area contributed by atoms with Gasteiger partial charge in [-0.1, -0.05) is 6.07 Å². The van der Waals surface area contributed by atoms with E-state index in [1.54, 1.807) is 38.5 Å². The third-order valence-corrected chi connectivity index (χ3v) is 5.94. The Morgan fingerprint density at radius 1 is 1.11 bits per heavy atom. The van der Waals surface area contributed by atoms with Crippen LogP contribution in [0.2, 0.25) is 0 Å². The highest BCUT2D eigenvalue weighted by molar-refractivity contribution is 6.06. The van der Waals surface area contributed by atoms with E-state index < -0.39 is 6.09 Å². The Kier molecular flexibility index (Phi) is 7.28. The third kappa shape index (κ3) is 5.18. The molecule has 0 radical (unpaired) electrons. The molecule has 37 heavy (non-hydrogen) atoms. The number of H-pyrrole nitrogens is 1. The molecule has 2 amide bonds. The Labute approximate surface area is 213 Å².